The number of pyridine rings is 1. The molecule has 160 valence electrons. The summed E-state index contributed by atoms with van der Waals surface area (Å²) in [5.41, 5.74) is 1.08. The zero-order valence-electron chi connectivity index (χ0n) is 17.7. The first kappa shape index (κ1) is 21.2. The van der Waals surface area contributed by atoms with Gasteiger partial charge >= 0.3 is 0 Å². The van der Waals surface area contributed by atoms with E-state index >= 15 is 0 Å². The van der Waals surface area contributed by atoms with Crippen molar-refractivity contribution in [2.24, 2.45) is 0 Å². The lowest BCUT2D eigenvalue weighted by Gasteiger charge is -2.32. The molecule has 0 aliphatic carbocycles. The number of nitrogens with zero attached hydrogens (tertiary/aromatic N) is 6. The molecular weight excluding hydrogens is 410 g/mol. The molecule has 1 fully saturated rings. The molecule has 1 aromatic carbocycles. The maximum absolute atomic E-state index is 12.6. The van der Waals surface area contributed by atoms with Crippen molar-refractivity contribution in [3.05, 3.63) is 60.0 Å². The number of aryl methyl sites for hydroxylation is 1. The molecule has 1 aliphatic heterocycles. The number of nitrogens with one attached hydrogen (secondary N) is 1. The van der Waals surface area contributed by atoms with Gasteiger partial charge in [-0.25, -0.2) is 9.97 Å². The Morgan fingerprint density at radius 2 is 1.74 bits per heavy atom. The smallest absolute Gasteiger partial charge is 0.274 e. The zero-order valence-corrected chi connectivity index (χ0v) is 18.5. The summed E-state index contributed by atoms with van der Waals surface area (Å²) in [7, 11) is 2.12. The van der Waals surface area contributed by atoms with Gasteiger partial charge < -0.3 is 15.1 Å². The van der Waals surface area contributed by atoms with Crippen LogP contribution >= 0.6 is 11.8 Å². The second-order valence-corrected chi connectivity index (χ2v) is 8.25. The van der Waals surface area contributed by atoms with Crippen molar-refractivity contribution in [2.45, 2.75) is 23.5 Å². The molecule has 1 saturated heterocycles. The molecule has 3 heterocycles. The molecule has 31 heavy (non-hydrogen) atoms. The van der Waals surface area contributed by atoms with Crippen molar-refractivity contribution in [3.8, 4) is 0 Å². The van der Waals surface area contributed by atoms with Gasteiger partial charge in [0.1, 0.15) is 16.5 Å². The van der Waals surface area contributed by atoms with Gasteiger partial charge in [0.25, 0.3) is 5.91 Å². The number of rotatable bonds is 6. The molecule has 0 radical (unpaired) electrons. The Morgan fingerprint density at radius 1 is 0.968 bits per heavy atom. The minimum atomic E-state index is -0.253. The van der Waals surface area contributed by atoms with Gasteiger partial charge in [-0.3, -0.25) is 4.79 Å². The molecule has 0 unspecified atom stereocenters. The first-order valence-corrected chi connectivity index (χ1v) is 11.1. The summed E-state index contributed by atoms with van der Waals surface area (Å²) in [6.07, 6.45) is 0.726. The number of hydrogen-bond donors (Lipinski definition) is 1. The van der Waals surface area contributed by atoms with E-state index in [4.69, 9.17) is 0 Å². The van der Waals surface area contributed by atoms with E-state index in [1.807, 2.05) is 49.4 Å². The minimum Gasteiger partial charge on any atom is -0.338 e. The number of benzene rings is 1. The molecule has 0 saturated carbocycles. The number of para-hydroxylation sites is 1. The number of carbonyl (C=O) groups is 1. The van der Waals surface area contributed by atoms with E-state index in [2.05, 4.69) is 42.1 Å². The SMILES string of the molecule is CCc1nc(Sc2cccc(C(=O)Nc3ccccc3)n2)nc(N2CCN(C)CC2)n1. The fourth-order valence-electron chi connectivity index (χ4n) is 3.15. The van der Waals surface area contributed by atoms with Crippen LogP contribution in [0.3, 0.4) is 0 Å². The van der Waals surface area contributed by atoms with E-state index in [0.29, 0.717) is 21.8 Å². The number of likely N-dealkylation sites (N-methyl/N-ethyl adjacent to an activating group) is 1. The summed E-state index contributed by atoms with van der Waals surface area (Å²) in [6.45, 7) is 5.78. The lowest BCUT2D eigenvalue weighted by atomic mass is 10.3. The van der Waals surface area contributed by atoms with Gasteiger partial charge in [0.2, 0.25) is 5.95 Å². The minimum absolute atomic E-state index is 0.253. The van der Waals surface area contributed by atoms with Gasteiger partial charge in [0.15, 0.2) is 5.16 Å². The molecule has 1 N–H and O–H groups in total. The van der Waals surface area contributed by atoms with Crippen LogP contribution in [0.25, 0.3) is 0 Å². The lowest BCUT2D eigenvalue weighted by Crippen LogP contribution is -2.45. The standard InChI is InChI=1S/C22H25N7OS/c1-3-18-25-21(29-14-12-28(2)13-15-29)27-22(26-18)31-19-11-7-10-17(24-19)20(30)23-16-8-5-4-6-9-16/h4-11H,3,12-15H2,1-2H3,(H,23,30). The number of aromatic nitrogens is 4. The van der Waals surface area contributed by atoms with Crippen molar-refractivity contribution >= 4 is 29.3 Å². The van der Waals surface area contributed by atoms with Gasteiger partial charge in [0, 0.05) is 38.3 Å². The predicted octanol–water partition coefficient (Wildman–Crippen LogP) is 2.98. The van der Waals surface area contributed by atoms with Crippen molar-refractivity contribution < 1.29 is 4.79 Å². The fourth-order valence-corrected chi connectivity index (χ4v) is 3.90. The highest BCUT2D eigenvalue weighted by Gasteiger charge is 2.19. The second kappa shape index (κ2) is 9.84. The van der Waals surface area contributed by atoms with Gasteiger partial charge in [-0.05, 0) is 43.1 Å². The summed E-state index contributed by atoms with van der Waals surface area (Å²) in [4.78, 5) is 35.4. The summed E-state index contributed by atoms with van der Waals surface area (Å²) in [5.74, 6) is 1.21. The van der Waals surface area contributed by atoms with E-state index in [-0.39, 0.29) is 5.91 Å². The van der Waals surface area contributed by atoms with Crippen LogP contribution in [0.4, 0.5) is 11.6 Å². The largest absolute Gasteiger partial charge is 0.338 e. The third kappa shape index (κ3) is 5.56. The van der Waals surface area contributed by atoms with Crippen LogP contribution in [-0.2, 0) is 6.42 Å². The van der Waals surface area contributed by atoms with Crippen molar-refractivity contribution in [1.82, 2.24) is 24.8 Å². The van der Waals surface area contributed by atoms with E-state index < -0.39 is 0 Å². The highest BCUT2D eigenvalue weighted by atomic mass is 32.2. The third-order valence-electron chi connectivity index (χ3n) is 4.94. The van der Waals surface area contributed by atoms with Gasteiger partial charge in [-0.2, -0.15) is 9.97 Å². The van der Waals surface area contributed by atoms with Crippen molar-refractivity contribution in [2.75, 3.05) is 43.4 Å². The van der Waals surface area contributed by atoms with Gasteiger partial charge in [-0.15, -0.1) is 0 Å². The average molecular weight is 436 g/mol. The molecule has 9 heteroatoms. The third-order valence-corrected chi connectivity index (χ3v) is 5.74. The van der Waals surface area contributed by atoms with Gasteiger partial charge in [0.05, 0.1) is 0 Å². The summed E-state index contributed by atoms with van der Waals surface area (Å²) < 4.78 is 0. The maximum atomic E-state index is 12.6. The fraction of sp³-hybridized carbons (Fsp3) is 0.318. The summed E-state index contributed by atoms with van der Waals surface area (Å²) in [5, 5.41) is 4.12. The van der Waals surface area contributed by atoms with Crippen LogP contribution in [0.1, 0.15) is 23.2 Å². The van der Waals surface area contributed by atoms with E-state index in [1.165, 1.54) is 11.8 Å². The molecule has 1 amide bonds. The van der Waals surface area contributed by atoms with Crippen LogP contribution in [0, 0.1) is 0 Å². The van der Waals surface area contributed by atoms with Crippen LogP contribution < -0.4 is 10.2 Å². The summed E-state index contributed by atoms with van der Waals surface area (Å²) >= 11 is 1.34. The van der Waals surface area contributed by atoms with Gasteiger partial charge in [-0.1, -0.05) is 31.2 Å². The van der Waals surface area contributed by atoms with Crippen LogP contribution in [0.5, 0.6) is 0 Å². The molecule has 2 aromatic heterocycles. The molecule has 0 spiro atoms. The maximum Gasteiger partial charge on any atom is 0.274 e. The Morgan fingerprint density at radius 3 is 2.48 bits per heavy atom. The number of hydrogen-bond acceptors (Lipinski definition) is 8. The molecule has 0 atom stereocenters. The number of carbonyl (C=O) groups excluding carboxylic acids is 1. The highest BCUT2D eigenvalue weighted by Crippen LogP contribution is 2.25. The van der Waals surface area contributed by atoms with Crippen molar-refractivity contribution in [1.29, 1.82) is 0 Å². The molecule has 1 aliphatic rings. The van der Waals surface area contributed by atoms with Crippen LogP contribution in [0.15, 0.2) is 58.7 Å². The van der Waals surface area contributed by atoms with Crippen LogP contribution in [0.2, 0.25) is 0 Å². The van der Waals surface area contributed by atoms with E-state index in [9.17, 15) is 4.79 Å². The van der Waals surface area contributed by atoms with E-state index in [1.54, 1.807) is 6.07 Å². The lowest BCUT2D eigenvalue weighted by molar-refractivity contribution is 0.102. The van der Waals surface area contributed by atoms with Crippen LogP contribution in [-0.4, -0.2) is 64.0 Å². The average Bonchev–Trinajstić information content (AvgIpc) is 2.80. The summed E-state index contributed by atoms with van der Waals surface area (Å²) in [6, 6.07) is 14.7. The monoisotopic (exact) mass is 435 g/mol. The zero-order chi connectivity index (χ0) is 21.6. The first-order valence-electron chi connectivity index (χ1n) is 10.3. The number of piperazine rings is 1. The molecule has 4 rings (SSSR count). The molecular formula is C22H25N7OS. The van der Waals surface area contributed by atoms with Crippen molar-refractivity contribution in [3.63, 3.8) is 0 Å². The normalized spacial score (nSPS) is 14.5. The number of amides is 1. The predicted molar refractivity (Wildman–Crippen MR) is 122 cm³/mol. The Bertz CT molecular complexity index is 1040. The molecule has 8 nitrogen and oxygen atoms in total. The van der Waals surface area contributed by atoms with E-state index in [0.717, 1.165) is 44.1 Å². The number of anilines is 2. The highest BCUT2D eigenvalue weighted by molar-refractivity contribution is 7.99. The Kier molecular flexibility index (Phi) is 6.73. The molecule has 3 aromatic rings. The Hall–Kier alpha value is -3.04. The second-order valence-electron chi connectivity index (χ2n) is 7.26. The quantitative estimate of drug-likeness (QED) is 0.632. The first-order chi connectivity index (χ1) is 15.1. The Balaban J connectivity index is 1.51. The topological polar surface area (TPSA) is 87.1 Å². The Labute approximate surface area is 186 Å². The molecule has 0 bridgehead atoms.